The van der Waals surface area contributed by atoms with Crippen molar-refractivity contribution < 1.29 is 9.15 Å². The molecular weight excluding hydrogens is 244 g/mol. The minimum atomic E-state index is 0.470. The Morgan fingerprint density at radius 2 is 2.26 bits per heavy atom. The lowest BCUT2D eigenvalue weighted by Crippen LogP contribution is -2.14. The number of methoxy groups -OCH3 is 1. The highest BCUT2D eigenvalue weighted by atomic mass is 16.5. The SMILES string of the molecule is CCNCCCc1nnc(-c2ccncc2OC)o1. The number of ether oxygens (including phenoxy) is 1. The Balaban J connectivity index is 2.04. The number of nitrogens with one attached hydrogen (secondary N) is 1. The highest BCUT2D eigenvalue weighted by Gasteiger charge is 2.12. The van der Waals surface area contributed by atoms with Crippen LogP contribution in [0.4, 0.5) is 0 Å². The van der Waals surface area contributed by atoms with Gasteiger partial charge in [-0.15, -0.1) is 10.2 Å². The summed E-state index contributed by atoms with van der Waals surface area (Å²) in [5, 5.41) is 11.4. The third kappa shape index (κ3) is 3.51. The predicted molar refractivity (Wildman–Crippen MR) is 70.9 cm³/mol. The second-order valence-corrected chi connectivity index (χ2v) is 4.03. The van der Waals surface area contributed by atoms with Gasteiger partial charge in [0.1, 0.15) is 5.75 Å². The minimum Gasteiger partial charge on any atom is -0.494 e. The standard InChI is InChI=1S/C13H18N4O2/c1-3-14-7-4-5-12-16-17-13(19-12)10-6-8-15-9-11(10)18-2/h6,8-9,14H,3-5,7H2,1-2H3. The lowest BCUT2D eigenvalue weighted by Gasteiger charge is -2.02. The largest absolute Gasteiger partial charge is 0.494 e. The van der Waals surface area contributed by atoms with Gasteiger partial charge in [0, 0.05) is 12.6 Å². The zero-order valence-corrected chi connectivity index (χ0v) is 11.2. The fraction of sp³-hybridized carbons (Fsp3) is 0.462. The Labute approximate surface area is 112 Å². The minimum absolute atomic E-state index is 0.470. The highest BCUT2D eigenvalue weighted by molar-refractivity contribution is 5.60. The van der Waals surface area contributed by atoms with Crippen molar-refractivity contribution in [2.75, 3.05) is 20.2 Å². The van der Waals surface area contributed by atoms with E-state index >= 15 is 0 Å². The van der Waals surface area contributed by atoms with E-state index in [2.05, 4.69) is 27.4 Å². The third-order valence-electron chi connectivity index (χ3n) is 2.70. The third-order valence-corrected chi connectivity index (χ3v) is 2.70. The van der Waals surface area contributed by atoms with Crippen molar-refractivity contribution in [3.8, 4) is 17.2 Å². The van der Waals surface area contributed by atoms with E-state index in [9.17, 15) is 0 Å². The Morgan fingerprint density at radius 3 is 3.05 bits per heavy atom. The van der Waals surface area contributed by atoms with Gasteiger partial charge in [0.15, 0.2) is 0 Å². The summed E-state index contributed by atoms with van der Waals surface area (Å²) in [6.45, 7) is 4.01. The summed E-state index contributed by atoms with van der Waals surface area (Å²) in [7, 11) is 1.59. The number of hydrogen-bond donors (Lipinski definition) is 1. The Bertz CT molecular complexity index is 513. The fourth-order valence-corrected chi connectivity index (χ4v) is 1.72. The van der Waals surface area contributed by atoms with Gasteiger partial charge in [-0.25, -0.2) is 0 Å². The zero-order valence-electron chi connectivity index (χ0n) is 11.2. The molecule has 0 aliphatic carbocycles. The van der Waals surface area contributed by atoms with E-state index in [1.165, 1.54) is 0 Å². The molecule has 2 rings (SSSR count). The molecule has 0 unspecified atom stereocenters. The molecule has 102 valence electrons. The molecule has 6 nitrogen and oxygen atoms in total. The molecule has 6 heteroatoms. The van der Waals surface area contributed by atoms with Crippen LogP contribution in [-0.2, 0) is 6.42 Å². The number of aryl methyl sites for hydroxylation is 1. The number of hydrogen-bond acceptors (Lipinski definition) is 6. The molecule has 0 amide bonds. The van der Waals surface area contributed by atoms with Crippen LogP contribution >= 0.6 is 0 Å². The average molecular weight is 262 g/mol. The smallest absolute Gasteiger partial charge is 0.251 e. The van der Waals surface area contributed by atoms with Crippen molar-refractivity contribution in [1.29, 1.82) is 0 Å². The first-order chi connectivity index (χ1) is 9.35. The van der Waals surface area contributed by atoms with Gasteiger partial charge in [-0.05, 0) is 25.6 Å². The highest BCUT2D eigenvalue weighted by Crippen LogP contribution is 2.27. The number of aromatic nitrogens is 3. The molecule has 0 radical (unpaired) electrons. The first kappa shape index (κ1) is 13.5. The quantitative estimate of drug-likeness (QED) is 0.765. The van der Waals surface area contributed by atoms with Gasteiger partial charge >= 0.3 is 0 Å². The molecular formula is C13H18N4O2. The first-order valence-electron chi connectivity index (χ1n) is 6.36. The molecule has 2 aromatic heterocycles. The van der Waals surface area contributed by atoms with E-state index < -0.39 is 0 Å². The maximum absolute atomic E-state index is 5.63. The van der Waals surface area contributed by atoms with Crippen molar-refractivity contribution in [1.82, 2.24) is 20.5 Å². The molecule has 1 N–H and O–H groups in total. The molecule has 0 spiro atoms. The topological polar surface area (TPSA) is 73.1 Å². The summed E-state index contributed by atoms with van der Waals surface area (Å²) < 4.78 is 10.9. The van der Waals surface area contributed by atoms with Crippen LogP contribution in [0.15, 0.2) is 22.9 Å². The van der Waals surface area contributed by atoms with Crippen LogP contribution in [0, 0.1) is 0 Å². The maximum Gasteiger partial charge on any atom is 0.251 e. The van der Waals surface area contributed by atoms with E-state index in [-0.39, 0.29) is 0 Å². The summed E-state index contributed by atoms with van der Waals surface area (Å²) in [6.07, 6.45) is 5.05. The molecule has 0 aliphatic heterocycles. The van der Waals surface area contributed by atoms with Crippen molar-refractivity contribution >= 4 is 0 Å². The normalized spacial score (nSPS) is 10.6. The average Bonchev–Trinajstić information content (AvgIpc) is 2.92. The molecule has 0 bridgehead atoms. The van der Waals surface area contributed by atoms with E-state index in [1.807, 2.05) is 0 Å². The van der Waals surface area contributed by atoms with Gasteiger partial charge in [-0.3, -0.25) is 4.98 Å². The van der Waals surface area contributed by atoms with Crippen LogP contribution in [0.3, 0.4) is 0 Å². The molecule has 2 aromatic rings. The van der Waals surface area contributed by atoms with Crippen molar-refractivity contribution in [3.63, 3.8) is 0 Å². The van der Waals surface area contributed by atoms with Crippen molar-refractivity contribution in [3.05, 3.63) is 24.4 Å². The van der Waals surface area contributed by atoms with Crippen molar-refractivity contribution in [2.24, 2.45) is 0 Å². The van der Waals surface area contributed by atoms with Gasteiger partial charge in [0.2, 0.25) is 5.89 Å². The molecule has 0 aliphatic rings. The zero-order chi connectivity index (χ0) is 13.5. The molecule has 0 atom stereocenters. The molecule has 2 heterocycles. The Kier molecular flexibility index (Phi) is 4.85. The molecule has 0 saturated carbocycles. The van der Waals surface area contributed by atoms with E-state index in [0.29, 0.717) is 17.5 Å². The van der Waals surface area contributed by atoms with Crippen LogP contribution in [0.5, 0.6) is 5.75 Å². The first-order valence-corrected chi connectivity index (χ1v) is 6.36. The second kappa shape index (κ2) is 6.84. The molecule has 0 fully saturated rings. The van der Waals surface area contributed by atoms with Crippen molar-refractivity contribution in [2.45, 2.75) is 19.8 Å². The monoisotopic (exact) mass is 262 g/mol. The summed E-state index contributed by atoms with van der Waals surface area (Å²) in [6, 6.07) is 1.80. The van der Waals surface area contributed by atoms with Crippen LogP contribution in [-0.4, -0.2) is 35.4 Å². The molecule has 19 heavy (non-hydrogen) atoms. The van der Waals surface area contributed by atoms with Gasteiger partial charge in [0.05, 0.1) is 18.9 Å². The van der Waals surface area contributed by atoms with Crippen LogP contribution in [0.1, 0.15) is 19.2 Å². The maximum atomic E-state index is 5.63. The van der Waals surface area contributed by atoms with E-state index in [0.717, 1.165) is 31.5 Å². The summed E-state index contributed by atoms with van der Waals surface area (Å²) in [5.74, 6) is 1.75. The van der Waals surface area contributed by atoms with Crippen LogP contribution in [0.2, 0.25) is 0 Å². The van der Waals surface area contributed by atoms with Gasteiger partial charge < -0.3 is 14.5 Å². The van der Waals surface area contributed by atoms with Gasteiger partial charge in [-0.1, -0.05) is 6.92 Å². The lowest BCUT2D eigenvalue weighted by atomic mass is 10.2. The summed E-state index contributed by atoms with van der Waals surface area (Å²) in [5.41, 5.74) is 0.767. The Morgan fingerprint density at radius 1 is 1.37 bits per heavy atom. The predicted octanol–water partition coefficient (Wildman–Crippen LogP) is 1.68. The summed E-state index contributed by atoms with van der Waals surface area (Å²) >= 11 is 0. The fourth-order valence-electron chi connectivity index (χ4n) is 1.72. The molecule has 0 aromatic carbocycles. The Hall–Kier alpha value is -1.95. The number of pyridine rings is 1. The van der Waals surface area contributed by atoms with Crippen LogP contribution in [0.25, 0.3) is 11.5 Å². The number of nitrogens with zero attached hydrogens (tertiary/aromatic N) is 3. The van der Waals surface area contributed by atoms with E-state index in [4.69, 9.17) is 9.15 Å². The lowest BCUT2D eigenvalue weighted by molar-refractivity contribution is 0.411. The van der Waals surface area contributed by atoms with Gasteiger partial charge in [-0.2, -0.15) is 0 Å². The summed E-state index contributed by atoms with van der Waals surface area (Å²) in [4.78, 5) is 4.00. The molecule has 0 saturated heterocycles. The number of rotatable bonds is 7. The van der Waals surface area contributed by atoms with E-state index in [1.54, 1.807) is 25.6 Å². The van der Waals surface area contributed by atoms with Crippen LogP contribution < -0.4 is 10.1 Å². The second-order valence-electron chi connectivity index (χ2n) is 4.03. The van der Waals surface area contributed by atoms with Gasteiger partial charge in [0.25, 0.3) is 5.89 Å².